The van der Waals surface area contributed by atoms with Crippen LogP contribution in [0.5, 0.6) is 5.75 Å². The zero-order chi connectivity index (χ0) is 36.3. The van der Waals surface area contributed by atoms with Crippen LogP contribution in [0.25, 0.3) is 0 Å². The molecule has 0 aliphatic rings. The highest BCUT2D eigenvalue weighted by molar-refractivity contribution is 5.72. The Balaban J connectivity index is 1.71. The molecule has 0 saturated heterocycles. The van der Waals surface area contributed by atoms with Crippen LogP contribution >= 0.6 is 0 Å². The first-order valence-corrected chi connectivity index (χ1v) is 16.3. The lowest BCUT2D eigenvalue weighted by molar-refractivity contribution is -0.136. The Kier molecular flexibility index (Phi) is 31.3. The number of carbonyl (C=O) groups excluding carboxylic acids is 1. The third-order valence-corrected chi connectivity index (χ3v) is 5.89. The van der Waals surface area contributed by atoms with E-state index in [4.69, 9.17) is 56.8 Å². The molecule has 0 heterocycles. The molecule has 1 rings (SSSR count). The van der Waals surface area contributed by atoms with Crippen molar-refractivity contribution in [1.82, 2.24) is 0 Å². The molecule has 0 bridgehead atoms. The van der Waals surface area contributed by atoms with Crippen LogP contribution in [0.4, 0.5) is 17.6 Å². The molecule has 0 unspecified atom stereocenters. The third kappa shape index (κ3) is 26.7. The van der Waals surface area contributed by atoms with E-state index >= 15 is 0 Å². The van der Waals surface area contributed by atoms with Gasteiger partial charge in [-0.05, 0) is 0 Å². The van der Waals surface area contributed by atoms with Crippen molar-refractivity contribution in [2.45, 2.75) is 6.42 Å². The zero-order valence-corrected chi connectivity index (χ0v) is 28.8. The van der Waals surface area contributed by atoms with Gasteiger partial charge < -0.3 is 61.6 Å². The van der Waals surface area contributed by atoms with Crippen molar-refractivity contribution in [3.8, 4) is 5.75 Å². The summed E-state index contributed by atoms with van der Waals surface area (Å²) in [5, 5.41) is 0. The minimum atomic E-state index is -1.79. The van der Waals surface area contributed by atoms with Crippen LogP contribution in [0.3, 0.4) is 0 Å². The molecule has 0 atom stereocenters. The molecule has 1 aromatic rings. The molecule has 0 aliphatic heterocycles. The van der Waals surface area contributed by atoms with E-state index < -0.39 is 41.4 Å². The Labute approximate surface area is 290 Å². The highest BCUT2D eigenvalue weighted by Crippen LogP contribution is 2.26. The molecule has 0 aliphatic carbocycles. The smallest absolute Gasteiger partial charge is 0.313 e. The average Bonchev–Trinajstić information content (AvgIpc) is 3.11. The molecule has 14 nitrogen and oxygen atoms in total. The minimum absolute atomic E-state index is 0.0180. The van der Waals surface area contributed by atoms with E-state index in [1.807, 2.05) is 0 Å². The predicted molar refractivity (Wildman–Crippen MR) is 167 cm³/mol. The van der Waals surface area contributed by atoms with Crippen molar-refractivity contribution in [2.75, 3.05) is 159 Å². The summed E-state index contributed by atoms with van der Waals surface area (Å²) in [6.07, 6.45) is -0.393. The summed E-state index contributed by atoms with van der Waals surface area (Å²) < 4.78 is 122. The summed E-state index contributed by atoms with van der Waals surface area (Å²) in [6, 6.07) is 0.0180. The second-order valence-corrected chi connectivity index (χ2v) is 9.75. The maximum absolute atomic E-state index is 13.5. The van der Waals surface area contributed by atoms with Gasteiger partial charge in [0.2, 0.25) is 17.4 Å². The van der Waals surface area contributed by atoms with Crippen molar-refractivity contribution >= 4 is 5.97 Å². The second kappa shape index (κ2) is 34.0. The summed E-state index contributed by atoms with van der Waals surface area (Å²) in [5.74, 6) is -9.48. The maximum Gasteiger partial charge on any atom is 0.313 e. The molecule has 18 heteroatoms. The molecule has 292 valence electrons. The number of hydrogen-bond acceptors (Lipinski definition) is 14. The van der Waals surface area contributed by atoms with Gasteiger partial charge in [0.25, 0.3) is 0 Å². The largest absolute Gasteiger partial charge is 0.420 e. The lowest BCUT2D eigenvalue weighted by Crippen LogP contribution is -2.16. The standard InChI is InChI=1S/C32H52F4O14/c1-38-4-5-40-8-9-42-12-13-44-16-17-46-20-21-48-24-25-49-23-22-47-19-18-45-15-14-43-11-10-41-7-6-39-3-2-29(37)50-32-30(35)27(33)26-28(34)31(32)36/h26H,2-25H2,1H3. The van der Waals surface area contributed by atoms with E-state index in [2.05, 4.69) is 4.74 Å². The molecule has 50 heavy (non-hydrogen) atoms. The van der Waals surface area contributed by atoms with Crippen molar-refractivity contribution in [3.05, 3.63) is 29.3 Å². The first-order chi connectivity index (χ1) is 24.5. The topological polar surface area (TPSA) is 137 Å². The average molecular weight is 737 g/mol. The van der Waals surface area contributed by atoms with Gasteiger partial charge in [-0.25, -0.2) is 8.78 Å². The van der Waals surface area contributed by atoms with Crippen molar-refractivity contribution < 1.29 is 83.9 Å². The van der Waals surface area contributed by atoms with Crippen LogP contribution in [0.15, 0.2) is 6.07 Å². The van der Waals surface area contributed by atoms with E-state index in [9.17, 15) is 22.4 Å². The van der Waals surface area contributed by atoms with Gasteiger partial charge >= 0.3 is 5.97 Å². The summed E-state index contributed by atoms with van der Waals surface area (Å²) >= 11 is 0. The number of carbonyl (C=O) groups is 1. The van der Waals surface area contributed by atoms with Gasteiger partial charge in [0.05, 0.1) is 158 Å². The number of esters is 1. The van der Waals surface area contributed by atoms with Crippen molar-refractivity contribution in [2.24, 2.45) is 0 Å². The first kappa shape index (κ1) is 46.0. The van der Waals surface area contributed by atoms with Gasteiger partial charge in [-0.2, -0.15) is 8.78 Å². The van der Waals surface area contributed by atoms with Crippen LogP contribution in [0.1, 0.15) is 6.42 Å². The second-order valence-electron chi connectivity index (χ2n) is 9.75. The lowest BCUT2D eigenvalue weighted by atomic mass is 10.3. The molecular weight excluding hydrogens is 684 g/mol. The molecule has 0 spiro atoms. The van der Waals surface area contributed by atoms with Gasteiger partial charge in [-0.3, -0.25) is 4.79 Å². The number of hydrogen-bond donors (Lipinski definition) is 0. The molecule has 0 aromatic heterocycles. The van der Waals surface area contributed by atoms with E-state index in [0.29, 0.717) is 132 Å². The summed E-state index contributed by atoms with van der Waals surface area (Å²) in [5.41, 5.74) is 0. The van der Waals surface area contributed by atoms with Crippen LogP contribution < -0.4 is 4.74 Å². The van der Waals surface area contributed by atoms with E-state index in [0.717, 1.165) is 0 Å². The van der Waals surface area contributed by atoms with Crippen LogP contribution in [-0.4, -0.2) is 165 Å². The third-order valence-electron chi connectivity index (χ3n) is 5.89. The molecule has 0 amide bonds. The molecule has 0 radical (unpaired) electrons. The SMILES string of the molecule is COCCOCCOCCOCCOCCOCCOCCOCCOCCOCCOCCOCCC(=O)Oc1c(F)c(F)cc(F)c1F. The van der Waals surface area contributed by atoms with Crippen LogP contribution in [0, 0.1) is 23.3 Å². The van der Waals surface area contributed by atoms with Gasteiger partial charge in [0, 0.05) is 13.2 Å². The Morgan fingerprint density at radius 3 is 0.920 bits per heavy atom. The molecule has 0 N–H and O–H groups in total. The van der Waals surface area contributed by atoms with Gasteiger partial charge in [-0.15, -0.1) is 0 Å². The fourth-order valence-electron chi connectivity index (χ4n) is 3.40. The normalized spacial score (nSPS) is 11.5. The van der Waals surface area contributed by atoms with E-state index in [1.54, 1.807) is 7.11 Å². The number of rotatable bonds is 37. The number of ether oxygens (including phenoxy) is 13. The monoisotopic (exact) mass is 736 g/mol. The van der Waals surface area contributed by atoms with Crippen molar-refractivity contribution in [1.29, 1.82) is 0 Å². The predicted octanol–water partition coefficient (Wildman–Crippen LogP) is 2.37. The van der Waals surface area contributed by atoms with E-state index in [1.165, 1.54) is 0 Å². The highest BCUT2D eigenvalue weighted by Gasteiger charge is 2.22. The number of halogens is 4. The first-order valence-electron chi connectivity index (χ1n) is 16.3. The van der Waals surface area contributed by atoms with Crippen molar-refractivity contribution in [3.63, 3.8) is 0 Å². The Hall–Kier alpha value is -2.07. The fraction of sp³-hybridized carbons (Fsp3) is 0.781. The minimum Gasteiger partial charge on any atom is -0.420 e. The molecule has 0 fully saturated rings. The number of benzene rings is 1. The Bertz CT molecular complexity index is 924. The van der Waals surface area contributed by atoms with Gasteiger partial charge in [0.15, 0.2) is 11.6 Å². The van der Waals surface area contributed by atoms with Crippen LogP contribution in [0.2, 0.25) is 0 Å². The van der Waals surface area contributed by atoms with Gasteiger partial charge in [0.1, 0.15) is 0 Å². The lowest BCUT2D eigenvalue weighted by Gasteiger charge is -2.09. The molecule has 1 aromatic carbocycles. The van der Waals surface area contributed by atoms with E-state index in [-0.39, 0.29) is 25.9 Å². The Morgan fingerprint density at radius 2 is 0.660 bits per heavy atom. The van der Waals surface area contributed by atoms with Crippen LogP contribution in [-0.2, 0) is 61.6 Å². The number of methoxy groups -OCH3 is 1. The Morgan fingerprint density at radius 1 is 0.420 bits per heavy atom. The maximum atomic E-state index is 13.5. The molecular formula is C32H52F4O14. The summed E-state index contributed by atoms with van der Waals surface area (Å²) in [4.78, 5) is 11.7. The zero-order valence-electron chi connectivity index (χ0n) is 28.8. The summed E-state index contributed by atoms with van der Waals surface area (Å²) in [6.45, 7) is 9.40. The molecule has 0 saturated carbocycles. The highest BCUT2D eigenvalue weighted by atomic mass is 19.2. The van der Waals surface area contributed by atoms with Gasteiger partial charge in [-0.1, -0.05) is 0 Å². The quantitative estimate of drug-likeness (QED) is 0.0325. The summed E-state index contributed by atoms with van der Waals surface area (Å²) in [7, 11) is 1.63. The fourth-order valence-corrected chi connectivity index (χ4v) is 3.40.